The van der Waals surface area contributed by atoms with Gasteiger partial charge in [-0.2, -0.15) is 15.4 Å². The Kier molecular flexibility index (Phi) is 5.29. The number of aromatic nitrogens is 5. The second kappa shape index (κ2) is 8.19. The van der Waals surface area contributed by atoms with Gasteiger partial charge in [0.25, 0.3) is 5.91 Å². The molecule has 3 aromatic rings. The molecule has 1 aromatic carbocycles. The minimum absolute atomic E-state index is 0.322. The summed E-state index contributed by atoms with van der Waals surface area (Å²) in [4.78, 5) is 37.4. The van der Waals surface area contributed by atoms with Gasteiger partial charge in [-0.15, -0.1) is 0 Å². The highest BCUT2D eigenvalue weighted by Gasteiger charge is 2.29. The lowest BCUT2D eigenvalue weighted by atomic mass is 10.1. The van der Waals surface area contributed by atoms with Crippen LogP contribution in [0.15, 0.2) is 36.7 Å². The maximum absolute atomic E-state index is 12.8. The van der Waals surface area contributed by atoms with Crippen LogP contribution in [-0.4, -0.2) is 86.0 Å². The van der Waals surface area contributed by atoms with Crippen LogP contribution in [0.25, 0.3) is 11.0 Å². The number of aliphatic hydroxyl groups excluding tert-OH is 1. The van der Waals surface area contributed by atoms with Crippen molar-refractivity contribution in [2.45, 2.75) is 6.04 Å². The predicted molar refractivity (Wildman–Crippen MR) is 103 cm³/mol. The Balaban J connectivity index is 1.37. The first-order valence-electron chi connectivity index (χ1n) is 9.18. The Morgan fingerprint density at radius 1 is 1.10 bits per heavy atom. The Labute approximate surface area is 165 Å². The third-order valence-electron chi connectivity index (χ3n) is 4.79. The lowest BCUT2D eigenvalue weighted by Crippen LogP contribution is -2.56. The highest BCUT2D eigenvalue weighted by molar-refractivity contribution is 5.99. The van der Waals surface area contributed by atoms with E-state index in [0.717, 1.165) is 0 Å². The molecule has 0 aliphatic carbocycles. The van der Waals surface area contributed by atoms with Crippen molar-refractivity contribution in [1.29, 1.82) is 0 Å². The number of piperazine rings is 1. The van der Waals surface area contributed by atoms with E-state index in [-0.39, 0.29) is 5.91 Å². The van der Waals surface area contributed by atoms with Gasteiger partial charge in [-0.25, -0.2) is 9.97 Å². The third-order valence-corrected chi connectivity index (χ3v) is 4.79. The lowest BCUT2D eigenvalue weighted by Gasteiger charge is -2.36. The van der Waals surface area contributed by atoms with Crippen LogP contribution >= 0.6 is 0 Å². The fourth-order valence-electron chi connectivity index (χ4n) is 3.21. The zero-order chi connectivity index (χ0) is 20.2. The molecule has 0 spiro atoms. The molecule has 2 amide bonds. The number of hydrogen-bond acceptors (Lipinski definition) is 8. The first kappa shape index (κ1) is 18.7. The molecule has 3 N–H and O–H groups in total. The number of aromatic amines is 1. The first-order valence-corrected chi connectivity index (χ1v) is 9.18. The molecule has 0 saturated carbocycles. The maximum atomic E-state index is 12.8. The van der Waals surface area contributed by atoms with Crippen molar-refractivity contribution < 1.29 is 14.7 Å². The van der Waals surface area contributed by atoms with Gasteiger partial charge in [0.15, 0.2) is 0 Å². The standard InChI is InChI=1S/C18H20N8O3/c27-11-15(21-16(28)12-2-3-13-14(10-12)23-24-22-13)17(29)25-6-8-26(9-7-25)18-19-4-1-5-20-18/h1-5,10,15,27H,6-9,11H2,(H,21,28)(H,22,23,24). The second-order valence-electron chi connectivity index (χ2n) is 6.60. The number of anilines is 1. The van der Waals surface area contributed by atoms with Gasteiger partial charge in [0.2, 0.25) is 11.9 Å². The molecule has 2 aromatic heterocycles. The zero-order valence-corrected chi connectivity index (χ0v) is 15.5. The summed E-state index contributed by atoms with van der Waals surface area (Å²) in [6.07, 6.45) is 3.35. The van der Waals surface area contributed by atoms with E-state index in [4.69, 9.17) is 0 Å². The van der Waals surface area contributed by atoms with Crippen molar-refractivity contribution in [3.05, 3.63) is 42.2 Å². The van der Waals surface area contributed by atoms with Crippen molar-refractivity contribution in [2.24, 2.45) is 0 Å². The van der Waals surface area contributed by atoms with Crippen LogP contribution in [-0.2, 0) is 4.79 Å². The van der Waals surface area contributed by atoms with Gasteiger partial charge in [-0.1, -0.05) is 0 Å². The number of nitrogens with zero attached hydrogens (tertiary/aromatic N) is 6. The molecule has 3 heterocycles. The molecule has 11 nitrogen and oxygen atoms in total. The molecule has 11 heteroatoms. The Morgan fingerprint density at radius 2 is 1.83 bits per heavy atom. The number of rotatable bonds is 5. The van der Waals surface area contributed by atoms with E-state index in [9.17, 15) is 14.7 Å². The summed E-state index contributed by atoms with van der Waals surface area (Å²) in [6.45, 7) is 1.57. The summed E-state index contributed by atoms with van der Waals surface area (Å²) in [7, 11) is 0. The zero-order valence-electron chi connectivity index (χ0n) is 15.5. The van der Waals surface area contributed by atoms with Crippen LogP contribution in [0.2, 0.25) is 0 Å². The second-order valence-corrected chi connectivity index (χ2v) is 6.60. The number of H-pyrrole nitrogens is 1. The van der Waals surface area contributed by atoms with Crippen LogP contribution < -0.4 is 10.2 Å². The number of carbonyl (C=O) groups is 2. The molecular weight excluding hydrogens is 376 g/mol. The van der Waals surface area contributed by atoms with Crippen molar-refractivity contribution in [2.75, 3.05) is 37.7 Å². The summed E-state index contributed by atoms with van der Waals surface area (Å²) in [5.74, 6) is -0.162. The number of amides is 2. The summed E-state index contributed by atoms with van der Waals surface area (Å²) in [5, 5.41) is 22.6. The lowest BCUT2D eigenvalue weighted by molar-refractivity contribution is -0.134. The van der Waals surface area contributed by atoms with Crippen LogP contribution in [0.1, 0.15) is 10.4 Å². The number of hydrogen-bond donors (Lipinski definition) is 3. The van der Waals surface area contributed by atoms with E-state index >= 15 is 0 Å². The van der Waals surface area contributed by atoms with Gasteiger partial charge >= 0.3 is 0 Å². The molecule has 1 aliphatic heterocycles. The van der Waals surface area contributed by atoms with Gasteiger partial charge in [0.1, 0.15) is 17.1 Å². The van der Waals surface area contributed by atoms with E-state index in [1.165, 1.54) is 0 Å². The SMILES string of the molecule is O=C(NC(CO)C(=O)N1CCN(c2ncccn2)CC1)c1ccc2n[nH]nc2c1. The van der Waals surface area contributed by atoms with E-state index < -0.39 is 18.6 Å². The Bertz CT molecular complexity index is 1000. The van der Waals surface area contributed by atoms with Gasteiger partial charge in [-0.3, -0.25) is 9.59 Å². The molecule has 1 aliphatic rings. The van der Waals surface area contributed by atoms with Crippen molar-refractivity contribution in [3.63, 3.8) is 0 Å². The number of benzene rings is 1. The topological polar surface area (TPSA) is 140 Å². The average Bonchev–Trinajstić information content (AvgIpc) is 3.25. The molecule has 1 unspecified atom stereocenters. The fraction of sp³-hybridized carbons (Fsp3) is 0.333. The quantitative estimate of drug-likeness (QED) is 0.509. The molecule has 150 valence electrons. The minimum atomic E-state index is -1.02. The summed E-state index contributed by atoms with van der Waals surface area (Å²) in [6, 6.07) is 5.56. The highest BCUT2D eigenvalue weighted by Crippen LogP contribution is 2.12. The number of fused-ring (bicyclic) bond motifs is 1. The Morgan fingerprint density at radius 3 is 2.55 bits per heavy atom. The predicted octanol–water partition coefficient (Wildman–Crippen LogP) is -0.813. The van der Waals surface area contributed by atoms with Crippen LogP contribution in [0.4, 0.5) is 5.95 Å². The molecule has 1 saturated heterocycles. The van der Waals surface area contributed by atoms with Gasteiger partial charge in [0.05, 0.1) is 6.61 Å². The number of carbonyl (C=O) groups excluding carboxylic acids is 2. The van der Waals surface area contributed by atoms with E-state index in [0.29, 0.717) is 48.7 Å². The number of aliphatic hydroxyl groups is 1. The minimum Gasteiger partial charge on any atom is -0.394 e. The summed E-state index contributed by atoms with van der Waals surface area (Å²) >= 11 is 0. The van der Waals surface area contributed by atoms with Gasteiger partial charge in [0, 0.05) is 44.1 Å². The molecule has 0 radical (unpaired) electrons. The number of nitrogens with one attached hydrogen (secondary N) is 2. The molecule has 0 bridgehead atoms. The fourth-order valence-corrected chi connectivity index (χ4v) is 3.21. The summed E-state index contributed by atoms with van der Waals surface area (Å²) in [5.41, 5.74) is 1.52. The largest absolute Gasteiger partial charge is 0.394 e. The van der Waals surface area contributed by atoms with E-state index in [1.54, 1.807) is 41.6 Å². The van der Waals surface area contributed by atoms with Gasteiger partial charge in [-0.05, 0) is 24.3 Å². The van der Waals surface area contributed by atoms with Gasteiger partial charge < -0.3 is 20.2 Å². The third kappa shape index (κ3) is 3.99. The highest BCUT2D eigenvalue weighted by atomic mass is 16.3. The monoisotopic (exact) mass is 396 g/mol. The van der Waals surface area contributed by atoms with Crippen molar-refractivity contribution in [1.82, 2.24) is 35.6 Å². The van der Waals surface area contributed by atoms with Crippen LogP contribution in [0.5, 0.6) is 0 Å². The van der Waals surface area contributed by atoms with E-state index in [1.807, 2.05) is 4.90 Å². The first-order chi connectivity index (χ1) is 14.2. The van der Waals surface area contributed by atoms with Crippen molar-refractivity contribution in [3.8, 4) is 0 Å². The molecule has 1 fully saturated rings. The molecule has 29 heavy (non-hydrogen) atoms. The normalized spacial score (nSPS) is 15.3. The molecule has 4 rings (SSSR count). The molecule has 1 atom stereocenters. The maximum Gasteiger partial charge on any atom is 0.252 e. The Hall–Kier alpha value is -3.60. The van der Waals surface area contributed by atoms with Crippen LogP contribution in [0.3, 0.4) is 0 Å². The smallest absolute Gasteiger partial charge is 0.252 e. The van der Waals surface area contributed by atoms with E-state index in [2.05, 4.69) is 30.7 Å². The molecular formula is C18H20N8O3. The summed E-state index contributed by atoms with van der Waals surface area (Å²) < 4.78 is 0. The average molecular weight is 396 g/mol. The van der Waals surface area contributed by atoms with Crippen LogP contribution in [0, 0.1) is 0 Å². The van der Waals surface area contributed by atoms with Crippen molar-refractivity contribution >= 4 is 28.8 Å².